The van der Waals surface area contributed by atoms with Crippen molar-refractivity contribution in [1.29, 1.82) is 0 Å². The third kappa shape index (κ3) is 6.09. The summed E-state index contributed by atoms with van der Waals surface area (Å²) in [5.74, 6) is 0.800. The Morgan fingerprint density at radius 3 is 2.25 bits per heavy atom. The van der Waals surface area contributed by atoms with Gasteiger partial charge in [0.05, 0.1) is 5.69 Å². The molecule has 0 amide bonds. The molecule has 1 aliphatic rings. The Morgan fingerprint density at radius 2 is 1.72 bits per heavy atom. The van der Waals surface area contributed by atoms with Gasteiger partial charge < -0.3 is 4.90 Å². The number of aryl methyl sites for hydroxylation is 3. The highest BCUT2D eigenvalue weighted by molar-refractivity contribution is 5.87. The SMILES string of the molecule is C=C/C(=C\CC)C(=C)/C=N\c1ccc(N(CC2CC2)c2cc(CC)cc(CC)c2)cc1C. The van der Waals surface area contributed by atoms with Gasteiger partial charge in [0, 0.05) is 24.1 Å². The molecule has 0 N–H and O–H groups in total. The molecule has 0 saturated heterocycles. The van der Waals surface area contributed by atoms with Crippen LogP contribution in [-0.2, 0) is 12.8 Å². The van der Waals surface area contributed by atoms with Crippen LogP contribution in [0.5, 0.6) is 0 Å². The maximum atomic E-state index is 4.73. The summed E-state index contributed by atoms with van der Waals surface area (Å²) >= 11 is 0. The molecule has 2 heteroatoms. The molecule has 1 aliphatic carbocycles. The molecule has 2 aromatic rings. The highest BCUT2D eigenvalue weighted by Crippen LogP contribution is 2.37. The van der Waals surface area contributed by atoms with E-state index in [0.717, 1.165) is 48.6 Å². The van der Waals surface area contributed by atoms with Crippen molar-refractivity contribution in [2.75, 3.05) is 11.4 Å². The van der Waals surface area contributed by atoms with E-state index in [4.69, 9.17) is 4.99 Å². The van der Waals surface area contributed by atoms with Crippen molar-refractivity contribution >= 4 is 23.3 Å². The standard InChI is InChI=1S/C30H38N2/c1-7-11-27(10-4)23(6)20-31-30-15-14-28(16-22(30)5)32(21-26-12-13-26)29-18-24(8-2)17-25(9-3)19-29/h10-11,14-20,26H,4,6-9,12-13,21H2,1-3,5H3/b27-11+,31-20-. The second-order valence-corrected chi connectivity index (χ2v) is 8.79. The first-order valence-corrected chi connectivity index (χ1v) is 12.1. The van der Waals surface area contributed by atoms with Gasteiger partial charge in [0.25, 0.3) is 0 Å². The number of benzene rings is 2. The van der Waals surface area contributed by atoms with E-state index in [1.54, 1.807) is 0 Å². The van der Waals surface area contributed by atoms with Gasteiger partial charge in [0.1, 0.15) is 0 Å². The molecule has 2 aromatic carbocycles. The van der Waals surface area contributed by atoms with Crippen LogP contribution in [0.15, 0.2) is 77.8 Å². The molecule has 1 fully saturated rings. The van der Waals surface area contributed by atoms with Gasteiger partial charge >= 0.3 is 0 Å². The molecule has 0 atom stereocenters. The fourth-order valence-electron chi connectivity index (χ4n) is 3.97. The fraction of sp³-hybridized carbons (Fsp3) is 0.367. The minimum absolute atomic E-state index is 0.800. The highest BCUT2D eigenvalue weighted by Gasteiger charge is 2.26. The van der Waals surface area contributed by atoms with Crippen molar-refractivity contribution in [3.8, 4) is 0 Å². The summed E-state index contributed by atoms with van der Waals surface area (Å²) in [6.45, 7) is 17.9. The van der Waals surface area contributed by atoms with Gasteiger partial charge in [-0.2, -0.15) is 0 Å². The van der Waals surface area contributed by atoms with Crippen molar-refractivity contribution in [2.24, 2.45) is 10.9 Å². The average molecular weight is 427 g/mol. The molecular formula is C30H38N2. The van der Waals surface area contributed by atoms with Crippen LogP contribution >= 0.6 is 0 Å². The predicted octanol–water partition coefficient (Wildman–Crippen LogP) is 8.45. The number of anilines is 2. The van der Waals surface area contributed by atoms with Crippen LogP contribution in [-0.4, -0.2) is 12.8 Å². The van der Waals surface area contributed by atoms with E-state index in [0.29, 0.717) is 0 Å². The van der Waals surface area contributed by atoms with Crippen LogP contribution < -0.4 is 4.90 Å². The molecule has 0 aliphatic heterocycles. The molecule has 168 valence electrons. The summed E-state index contributed by atoms with van der Waals surface area (Å²) in [7, 11) is 0. The lowest BCUT2D eigenvalue weighted by atomic mass is 10.0. The Labute approximate surface area is 195 Å². The third-order valence-electron chi connectivity index (χ3n) is 6.17. The van der Waals surface area contributed by atoms with Crippen LogP contribution in [0.4, 0.5) is 17.1 Å². The highest BCUT2D eigenvalue weighted by atomic mass is 15.1. The lowest BCUT2D eigenvalue weighted by Crippen LogP contribution is -2.20. The molecule has 2 nitrogen and oxygen atoms in total. The van der Waals surface area contributed by atoms with E-state index >= 15 is 0 Å². The van der Waals surface area contributed by atoms with Crippen LogP contribution in [0, 0.1) is 12.8 Å². The Balaban J connectivity index is 1.90. The summed E-state index contributed by atoms with van der Waals surface area (Å²) in [6, 6.07) is 13.7. The van der Waals surface area contributed by atoms with Crippen molar-refractivity contribution < 1.29 is 0 Å². The predicted molar refractivity (Wildman–Crippen MR) is 142 cm³/mol. The van der Waals surface area contributed by atoms with Crippen molar-refractivity contribution in [3.63, 3.8) is 0 Å². The van der Waals surface area contributed by atoms with Crippen molar-refractivity contribution in [3.05, 3.63) is 89.5 Å². The first-order chi connectivity index (χ1) is 15.5. The summed E-state index contributed by atoms with van der Waals surface area (Å²) in [5.41, 5.74) is 9.49. The van der Waals surface area contributed by atoms with Crippen LogP contribution in [0.2, 0.25) is 0 Å². The van der Waals surface area contributed by atoms with E-state index < -0.39 is 0 Å². The quantitative estimate of drug-likeness (QED) is 0.260. The normalized spacial score (nSPS) is 14.1. The van der Waals surface area contributed by atoms with Crippen molar-refractivity contribution in [1.82, 2.24) is 0 Å². The number of nitrogens with zero attached hydrogens (tertiary/aromatic N) is 2. The second kappa shape index (κ2) is 11.1. The molecule has 32 heavy (non-hydrogen) atoms. The number of rotatable bonds is 11. The zero-order chi connectivity index (χ0) is 23.1. The van der Waals surface area contributed by atoms with Gasteiger partial charge in [-0.25, -0.2) is 0 Å². The first-order valence-electron chi connectivity index (χ1n) is 12.1. The molecule has 0 spiro atoms. The summed E-state index contributed by atoms with van der Waals surface area (Å²) in [6.07, 6.45) is 11.6. The largest absolute Gasteiger partial charge is 0.341 e. The van der Waals surface area contributed by atoms with Gasteiger partial charge in [-0.3, -0.25) is 4.99 Å². The molecule has 0 bridgehead atoms. The van der Waals surface area contributed by atoms with E-state index in [9.17, 15) is 0 Å². The van der Waals surface area contributed by atoms with Crippen LogP contribution in [0.3, 0.4) is 0 Å². The first kappa shape index (κ1) is 23.8. The third-order valence-corrected chi connectivity index (χ3v) is 6.17. The van der Waals surface area contributed by atoms with Crippen LogP contribution in [0.1, 0.15) is 56.7 Å². The Hall–Kier alpha value is -2.87. The monoisotopic (exact) mass is 426 g/mol. The zero-order valence-electron chi connectivity index (χ0n) is 20.3. The maximum Gasteiger partial charge on any atom is 0.0660 e. The van der Waals surface area contributed by atoms with Crippen molar-refractivity contribution in [2.45, 2.75) is 59.8 Å². The lowest BCUT2D eigenvalue weighted by molar-refractivity contribution is 0.812. The number of aliphatic imine (C=N–C) groups is 1. The molecule has 1 saturated carbocycles. The van der Waals surface area contributed by atoms with Gasteiger partial charge in [0.15, 0.2) is 0 Å². The van der Waals surface area contributed by atoms with Gasteiger partial charge in [-0.05, 0) is 103 Å². The lowest BCUT2D eigenvalue weighted by Gasteiger charge is -2.27. The number of hydrogen-bond acceptors (Lipinski definition) is 2. The van der Waals surface area contributed by atoms with Crippen LogP contribution in [0.25, 0.3) is 0 Å². The summed E-state index contributed by atoms with van der Waals surface area (Å²) < 4.78 is 0. The van der Waals surface area contributed by atoms with E-state index in [1.807, 2.05) is 12.3 Å². The number of hydrogen-bond donors (Lipinski definition) is 0. The molecule has 0 heterocycles. The minimum Gasteiger partial charge on any atom is -0.341 e. The number of allylic oxidation sites excluding steroid dienone is 4. The molecule has 3 rings (SSSR count). The Kier molecular flexibility index (Phi) is 8.27. The molecule has 0 aromatic heterocycles. The summed E-state index contributed by atoms with van der Waals surface area (Å²) in [4.78, 5) is 7.24. The zero-order valence-corrected chi connectivity index (χ0v) is 20.3. The second-order valence-electron chi connectivity index (χ2n) is 8.79. The smallest absolute Gasteiger partial charge is 0.0660 e. The van der Waals surface area contributed by atoms with E-state index in [2.05, 4.69) is 88.2 Å². The summed E-state index contributed by atoms with van der Waals surface area (Å²) in [5, 5.41) is 0. The van der Waals surface area contributed by atoms with E-state index in [1.165, 1.54) is 40.9 Å². The average Bonchev–Trinajstić information content (AvgIpc) is 3.63. The van der Waals surface area contributed by atoms with Gasteiger partial charge in [0.2, 0.25) is 0 Å². The molecule has 0 unspecified atom stereocenters. The van der Waals surface area contributed by atoms with Gasteiger partial charge in [-0.15, -0.1) is 0 Å². The fourth-order valence-corrected chi connectivity index (χ4v) is 3.97. The Morgan fingerprint density at radius 1 is 1.03 bits per heavy atom. The maximum absolute atomic E-state index is 4.73. The van der Waals surface area contributed by atoms with E-state index in [-0.39, 0.29) is 0 Å². The topological polar surface area (TPSA) is 15.6 Å². The molecular weight excluding hydrogens is 388 g/mol. The minimum atomic E-state index is 0.800. The molecule has 0 radical (unpaired) electrons. The Bertz CT molecular complexity index is 999. The van der Waals surface area contributed by atoms with Gasteiger partial charge in [-0.1, -0.05) is 52.1 Å².